The zero-order chi connectivity index (χ0) is 17.2. The molecule has 0 bridgehead atoms. The summed E-state index contributed by atoms with van der Waals surface area (Å²) < 4.78 is 1.78. The maximum absolute atomic E-state index is 12.3. The van der Waals surface area contributed by atoms with Crippen molar-refractivity contribution in [3.8, 4) is 0 Å². The predicted octanol–water partition coefficient (Wildman–Crippen LogP) is 3.45. The number of rotatable bonds is 3. The van der Waals surface area contributed by atoms with Gasteiger partial charge in [-0.3, -0.25) is 10.1 Å². The number of hydrogen-bond acceptors (Lipinski definition) is 4. The molecule has 25 heavy (non-hydrogen) atoms. The van der Waals surface area contributed by atoms with E-state index in [0.29, 0.717) is 11.5 Å². The fourth-order valence-electron chi connectivity index (χ4n) is 2.83. The molecule has 1 atom stereocenters. The maximum atomic E-state index is 12.3. The quantitative estimate of drug-likeness (QED) is 0.771. The van der Waals surface area contributed by atoms with Crippen molar-refractivity contribution < 1.29 is 4.79 Å². The van der Waals surface area contributed by atoms with E-state index < -0.39 is 0 Å². The van der Waals surface area contributed by atoms with E-state index in [-0.39, 0.29) is 17.9 Å². The number of nitrogens with one attached hydrogen (secondary N) is 2. The molecule has 1 aliphatic rings. The van der Waals surface area contributed by atoms with Gasteiger partial charge >= 0.3 is 0 Å². The Morgan fingerprint density at radius 2 is 1.76 bits per heavy atom. The van der Waals surface area contributed by atoms with Crippen molar-refractivity contribution in [2.45, 2.75) is 13.0 Å². The van der Waals surface area contributed by atoms with E-state index in [9.17, 15) is 4.79 Å². The molecule has 4 rings (SSSR count). The second-order valence-electron chi connectivity index (χ2n) is 5.85. The number of nitrogens with zero attached hydrogens (tertiary/aromatic N) is 3. The monoisotopic (exact) mass is 331 g/mol. The summed E-state index contributed by atoms with van der Waals surface area (Å²) in [6, 6.07) is 19.0. The number of amides is 1. The van der Waals surface area contributed by atoms with Crippen molar-refractivity contribution in [2.24, 2.45) is 0 Å². The lowest BCUT2D eigenvalue weighted by molar-refractivity contribution is 0.102. The highest BCUT2D eigenvalue weighted by atomic mass is 16.1. The molecular weight excluding hydrogens is 314 g/mol. The molecule has 0 radical (unpaired) electrons. The highest BCUT2D eigenvalue weighted by molar-refractivity contribution is 6.03. The average Bonchev–Trinajstić information content (AvgIpc) is 3.04. The van der Waals surface area contributed by atoms with Gasteiger partial charge in [0.1, 0.15) is 6.04 Å². The highest BCUT2D eigenvalue weighted by Gasteiger charge is 2.23. The summed E-state index contributed by atoms with van der Waals surface area (Å²) in [7, 11) is 0. The Hall–Kier alpha value is -3.41. The molecular formula is C19H17N5O. The van der Waals surface area contributed by atoms with Crippen LogP contribution in [0.5, 0.6) is 0 Å². The summed E-state index contributed by atoms with van der Waals surface area (Å²) >= 11 is 0. The number of carbonyl (C=O) groups excluding carboxylic acids is 1. The molecule has 1 aromatic heterocycles. The van der Waals surface area contributed by atoms with Gasteiger partial charge in [-0.15, -0.1) is 5.10 Å². The van der Waals surface area contributed by atoms with Crippen LogP contribution in [0.2, 0.25) is 0 Å². The Bertz CT molecular complexity index is 931. The summed E-state index contributed by atoms with van der Waals surface area (Å²) in [6.45, 7) is 1.98. The van der Waals surface area contributed by atoms with Gasteiger partial charge in [0.2, 0.25) is 5.95 Å². The molecule has 124 valence electrons. The van der Waals surface area contributed by atoms with Crippen molar-refractivity contribution in [1.29, 1.82) is 0 Å². The van der Waals surface area contributed by atoms with Crippen LogP contribution >= 0.6 is 0 Å². The zero-order valence-corrected chi connectivity index (χ0v) is 13.7. The van der Waals surface area contributed by atoms with Gasteiger partial charge in [-0.25, -0.2) is 4.68 Å². The molecule has 0 fully saturated rings. The average molecular weight is 331 g/mol. The lowest BCUT2D eigenvalue weighted by Gasteiger charge is -2.22. The van der Waals surface area contributed by atoms with Gasteiger partial charge in [0.15, 0.2) is 0 Å². The molecule has 1 aliphatic heterocycles. The number of aromatic nitrogens is 3. The van der Waals surface area contributed by atoms with E-state index in [2.05, 4.69) is 26.8 Å². The normalized spacial score (nSPS) is 15.7. The number of allylic oxidation sites excluding steroid dienone is 2. The van der Waals surface area contributed by atoms with Gasteiger partial charge in [-0.2, -0.15) is 4.98 Å². The number of hydrogen-bond donors (Lipinski definition) is 2. The topological polar surface area (TPSA) is 71.8 Å². The molecule has 6 heteroatoms. The second-order valence-corrected chi connectivity index (χ2v) is 5.85. The smallest absolute Gasteiger partial charge is 0.258 e. The first-order valence-corrected chi connectivity index (χ1v) is 8.04. The van der Waals surface area contributed by atoms with Crippen LogP contribution in [-0.4, -0.2) is 20.7 Å². The molecule has 2 heterocycles. The largest absolute Gasteiger partial charge is 0.329 e. The Labute approximate surface area is 145 Å². The van der Waals surface area contributed by atoms with E-state index in [0.717, 1.165) is 11.3 Å². The van der Waals surface area contributed by atoms with E-state index in [1.54, 1.807) is 16.8 Å². The number of carbonyl (C=O) groups is 1. The standard InChI is InChI=1S/C19H17N5O/c1-13-12-16(14-8-4-2-5-9-14)24-19(20-13)22-18(23-24)21-17(25)15-10-6-3-7-11-15/h2-12,16H,1H3,(H2,20,21,22,23,25). The van der Waals surface area contributed by atoms with E-state index >= 15 is 0 Å². The van der Waals surface area contributed by atoms with Crippen molar-refractivity contribution in [3.63, 3.8) is 0 Å². The lowest BCUT2D eigenvalue weighted by Crippen LogP contribution is -2.19. The molecule has 0 saturated carbocycles. The molecule has 0 saturated heterocycles. The van der Waals surface area contributed by atoms with Crippen molar-refractivity contribution in [1.82, 2.24) is 14.8 Å². The van der Waals surface area contributed by atoms with Crippen LogP contribution in [0.3, 0.4) is 0 Å². The number of anilines is 2. The molecule has 1 amide bonds. The predicted molar refractivity (Wildman–Crippen MR) is 96.4 cm³/mol. The lowest BCUT2D eigenvalue weighted by atomic mass is 10.1. The van der Waals surface area contributed by atoms with Crippen LogP contribution in [0, 0.1) is 0 Å². The molecule has 3 aromatic rings. The summed E-state index contributed by atoms with van der Waals surface area (Å²) in [6.07, 6.45) is 2.08. The Morgan fingerprint density at radius 1 is 1.08 bits per heavy atom. The van der Waals surface area contributed by atoms with Crippen LogP contribution in [0.1, 0.15) is 28.9 Å². The third kappa shape index (κ3) is 3.01. The Balaban J connectivity index is 1.64. The molecule has 0 spiro atoms. The summed E-state index contributed by atoms with van der Waals surface area (Å²) in [4.78, 5) is 16.7. The van der Waals surface area contributed by atoms with Crippen LogP contribution in [0.4, 0.5) is 11.9 Å². The zero-order valence-electron chi connectivity index (χ0n) is 13.7. The first-order chi connectivity index (χ1) is 12.2. The van der Waals surface area contributed by atoms with Crippen LogP contribution < -0.4 is 10.6 Å². The fraction of sp³-hybridized carbons (Fsp3) is 0.105. The van der Waals surface area contributed by atoms with Crippen molar-refractivity contribution in [3.05, 3.63) is 83.6 Å². The first kappa shape index (κ1) is 15.1. The minimum atomic E-state index is -0.232. The third-order valence-electron chi connectivity index (χ3n) is 4.01. The molecule has 1 unspecified atom stereocenters. The minimum Gasteiger partial charge on any atom is -0.329 e. The number of benzene rings is 2. The maximum Gasteiger partial charge on any atom is 0.258 e. The molecule has 0 aliphatic carbocycles. The number of fused-ring (bicyclic) bond motifs is 1. The van der Waals surface area contributed by atoms with Crippen LogP contribution in [0.25, 0.3) is 0 Å². The summed E-state index contributed by atoms with van der Waals surface area (Å²) in [5, 5.41) is 10.4. The SMILES string of the molecule is CC1=CC(c2ccccc2)n2nc(NC(=O)c3ccccc3)nc2N1. The van der Waals surface area contributed by atoms with E-state index in [1.165, 1.54) is 0 Å². The Morgan fingerprint density at radius 3 is 2.48 bits per heavy atom. The van der Waals surface area contributed by atoms with Gasteiger partial charge < -0.3 is 5.32 Å². The van der Waals surface area contributed by atoms with Gasteiger partial charge in [0.25, 0.3) is 11.9 Å². The van der Waals surface area contributed by atoms with E-state index in [4.69, 9.17) is 0 Å². The third-order valence-corrected chi connectivity index (χ3v) is 4.01. The Kier molecular flexibility index (Phi) is 3.78. The van der Waals surface area contributed by atoms with Gasteiger partial charge in [0.05, 0.1) is 0 Å². The first-order valence-electron chi connectivity index (χ1n) is 8.04. The summed E-state index contributed by atoms with van der Waals surface area (Å²) in [5.74, 6) is 0.655. The highest BCUT2D eigenvalue weighted by Crippen LogP contribution is 2.29. The molecule has 6 nitrogen and oxygen atoms in total. The van der Waals surface area contributed by atoms with E-state index in [1.807, 2.05) is 55.5 Å². The minimum absolute atomic E-state index is 0.0627. The molecule has 2 aromatic carbocycles. The molecule has 2 N–H and O–H groups in total. The van der Waals surface area contributed by atoms with Crippen LogP contribution in [-0.2, 0) is 0 Å². The second kappa shape index (κ2) is 6.24. The van der Waals surface area contributed by atoms with Crippen molar-refractivity contribution in [2.75, 3.05) is 10.6 Å². The summed E-state index contributed by atoms with van der Waals surface area (Å²) in [5.41, 5.74) is 2.67. The fourth-order valence-corrected chi connectivity index (χ4v) is 2.83. The van der Waals surface area contributed by atoms with Gasteiger partial charge in [-0.05, 0) is 30.7 Å². The van der Waals surface area contributed by atoms with Gasteiger partial charge in [-0.1, -0.05) is 48.5 Å². The van der Waals surface area contributed by atoms with Crippen LogP contribution in [0.15, 0.2) is 72.4 Å². The van der Waals surface area contributed by atoms with Crippen molar-refractivity contribution >= 4 is 17.8 Å². The van der Waals surface area contributed by atoms with Gasteiger partial charge in [0, 0.05) is 11.3 Å².